The van der Waals surface area contributed by atoms with Crippen molar-refractivity contribution in [3.8, 4) is 0 Å². The van der Waals surface area contributed by atoms with Gasteiger partial charge < -0.3 is 16.0 Å². The Morgan fingerprint density at radius 3 is 2.79 bits per heavy atom. The fraction of sp³-hybridized carbons (Fsp3) is 0.556. The molecule has 5 heteroatoms. The normalized spacial score (nSPS) is 20.4. The lowest BCUT2D eigenvalue weighted by Gasteiger charge is -2.25. The van der Waals surface area contributed by atoms with Crippen LogP contribution in [0.25, 0.3) is 0 Å². The van der Waals surface area contributed by atoms with Gasteiger partial charge in [0.2, 0.25) is 5.91 Å². The summed E-state index contributed by atoms with van der Waals surface area (Å²) in [5, 5.41) is 0. The Morgan fingerprint density at radius 2 is 2.36 bits per heavy atom. The highest BCUT2D eigenvalue weighted by Crippen LogP contribution is 2.38. The van der Waals surface area contributed by atoms with Gasteiger partial charge in [0.05, 0.1) is 12.9 Å². The van der Waals surface area contributed by atoms with Gasteiger partial charge in [-0.25, -0.2) is 4.98 Å². The highest BCUT2D eigenvalue weighted by atomic mass is 16.1. The molecule has 1 aliphatic rings. The van der Waals surface area contributed by atoms with Crippen LogP contribution in [0.4, 0.5) is 0 Å². The molecule has 1 fully saturated rings. The molecule has 0 bridgehead atoms. The first-order valence-electron chi connectivity index (χ1n) is 4.67. The minimum atomic E-state index is -0.902. The zero-order valence-corrected chi connectivity index (χ0v) is 7.89. The second-order valence-corrected chi connectivity index (χ2v) is 3.91. The first-order valence-corrected chi connectivity index (χ1v) is 4.67. The number of carbonyl (C=O) groups excluding carboxylic acids is 1. The van der Waals surface area contributed by atoms with Gasteiger partial charge in [-0.1, -0.05) is 0 Å². The molecule has 76 valence electrons. The predicted molar refractivity (Wildman–Crippen MR) is 51.1 cm³/mol. The Morgan fingerprint density at radius 1 is 1.64 bits per heavy atom. The molecule has 1 amide bonds. The third-order valence-corrected chi connectivity index (χ3v) is 2.77. The van der Waals surface area contributed by atoms with Gasteiger partial charge in [-0.3, -0.25) is 4.79 Å². The topological polar surface area (TPSA) is 86.9 Å². The summed E-state index contributed by atoms with van der Waals surface area (Å²) < 4.78 is 1.79. The quantitative estimate of drug-likeness (QED) is 0.675. The maximum absolute atomic E-state index is 11.3. The second-order valence-electron chi connectivity index (χ2n) is 3.91. The van der Waals surface area contributed by atoms with Gasteiger partial charge in [-0.05, 0) is 18.8 Å². The van der Waals surface area contributed by atoms with Gasteiger partial charge in [-0.2, -0.15) is 0 Å². The number of aromatic nitrogens is 2. The molecule has 1 aromatic rings. The van der Waals surface area contributed by atoms with Crippen molar-refractivity contribution >= 4 is 5.91 Å². The zero-order chi connectivity index (χ0) is 10.2. The van der Waals surface area contributed by atoms with Crippen molar-refractivity contribution in [1.29, 1.82) is 0 Å². The molecule has 1 heterocycles. The Hall–Kier alpha value is -1.36. The first kappa shape index (κ1) is 9.21. The molecular weight excluding hydrogens is 180 g/mol. The summed E-state index contributed by atoms with van der Waals surface area (Å²) >= 11 is 0. The summed E-state index contributed by atoms with van der Waals surface area (Å²) in [5.41, 5.74) is 10.4. The monoisotopic (exact) mass is 194 g/mol. The molecule has 0 saturated heterocycles. The molecule has 14 heavy (non-hydrogen) atoms. The lowest BCUT2D eigenvalue weighted by Crippen LogP contribution is -2.56. The second kappa shape index (κ2) is 3.09. The van der Waals surface area contributed by atoms with E-state index in [-0.39, 0.29) is 5.92 Å². The van der Waals surface area contributed by atoms with Crippen LogP contribution in [0.15, 0.2) is 18.7 Å². The molecule has 0 aliphatic heterocycles. The van der Waals surface area contributed by atoms with Gasteiger partial charge in [0.1, 0.15) is 5.54 Å². The van der Waals surface area contributed by atoms with E-state index in [1.807, 2.05) is 0 Å². The van der Waals surface area contributed by atoms with E-state index >= 15 is 0 Å². The summed E-state index contributed by atoms with van der Waals surface area (Å²) in [6, 6.07) is 0. The molecule has 0 radical (unpaired) electrons. The van der Waals surface area contributed by atoms with Crippen LogP contribution in [0, 0.1) is 5.92 Å². The number of amides is 1. The minimum Gasteiger partial charge on any atom is -0.368 e. The molecule has 1 aliphatic carbocycles. The van der Waals surface area contributed by atoms with Gasteiger partial charge >= 0.3 is 0 Å². The number of nitrogens with zero attached hydrogens (tertiary/aromatic N) is 2. The average Bonchev–Trinajstić information content (AvgIpc) is 2.87. The van der Waals surface area contributed by atoms with E-state index in [4.69, 9.17) is 11.5 Å². The summed E-state index contributed by atoms with van der Waals surface area (Å²) in [7, 11) is 0. The standard InChI is InChI=1S/C9H14N4O/c10-8(14)9(11,7-1-2-7)5-13-4-3-12-6-13/h3-4,6-7H,1-2,5,11H2,(H2,10,14). The molecule has 1 atom stereocenters. The van der Waals surface area contributed by atoms with Crippen molar-refractivity contribution in [2.24, 2.45) is 17.4 Å². The molecule has 1 saturated carbocycles. The summed E-state index contributed by atoms with van der Waals surface area (Å²) in [6.07, 6.45) is 7.08. The van der Waals surface area contributed by atoms with Gasteiger partial charge in [0.15, 0.2) is 0 Å². The molecule has 1 aromatic heterocycles. The molecule has 0 aromatic carbocycles. The number of hydrogen-bond donors (Lipinski definition) is 2. The first-order chi connectivity index (χ1) is 6.63. The molecule has 2 rings (SSSR count). The van der Waals surface area contributed by atoms with Crippen LogP contribution in [0.3, 0.4) is 0 Å². The van der Waals surface area contributed by atoms with Gasteiger partial charge in [-0.15, -0.1) is 0 Å². The van der Waals surface area contributed by atoms with Crippen LogP contribution in [0.5, 0.6) is 0 Å². The lowest BCUT2D eigenvalue weighted by molar-refractivity contribution is -0.124. The Kier molecular flexibility index (Phi) is 2.03. The maximum Gasteiger partial charge on any atom is 0.239 e. The fourth-order valence-electron chi connectivity index (χ4n) is 1.69. The SMILES string of the molecule is NC(=O)C(N)(Cn1ccnc1)C1CC1. The van der Waals surface area contributed by atoms with Crippen LogP contribution >= 0.6 is 0 Å². The van der Waals surface area contributed by atoms with Crippen molar-refractivity contribution in [1.82, 2.24) is 9.55 Å². The Balaban J connectivity index is 2.15. The number of nitrogens with two attached hydrogens (primary N) is 2. The van der Waals surface area contributed by atoms with E-state index in [9.17, 15) is 4.79 Å². The van der Waals surface area contributed by atoms with Crippen molar-refractivity contribution in [2.75, 3.05) is 0 Å². The Bertz CT molecular complexity index is 331. The van der Waals surface area contributed by atoms with E-state index < -0.39 is 11.4 Å². The number of primary amides is 1. The number of imidazole rings is 1. The van der Waals surface area contributed by atoms with E-state index in [0.29, 0.717) is 6.54 Å². The highest BCUT2D eigenvalue weighted by molar-refractivity contribution is 5.85. The number of rotatable bonds is 4. The van der Waals surface area contributed by atoms with E-state index in [2.05, 4.69) is 4.98 Å². The van der Waals surface area contributed by atoms with Crippen molar-refractivity contribution in [3.63, 3.8) is 0 Å². The smallest absolute Gasteiger partial charge is 0.239 e. The van der Waals surface area contributed by atoms with Crippen molar-refractivity contribution in [2.45, 2.75) is 24.9 Å². The summed E-state index contributed by atoms with van der Waals surface area (Å²) in [6.45, 7) is 0.424. The predicted octanol–water partition coefficient (Wildman–Crippen LogP) is -0.524. The van der Waals surface area contributed by atoms with Crippen LogP contribution in [-0.4, -0.2) is 21.0 Å². The molecule has 4 N–H and O–H groups in total. The zero-order valence-electron chi connectivity index (χ0n) is 7.89. The fourth-order valence-corrected chi connectivity index (χ4v) is 1.69. The average molecular weight is 194 g/mol. The third-order valence-electron chi connectivity index (χ3n) is 2.77. The molecule has 1 unspecified atom stereocenters. The molecule has 0 spiro atoms. The third kappa shape index (κ3) is 1.50. The minimum absolute atomic E-state index is 0.238. The van der Waals surface area contributed by atoms with E-state index in [1.165, 1.54) is 0 Å². The van der Waals surface area contributed by atoms with E-state index in [0.717, 1.165) is 12.8 Å². The summed E-state index contributed by atoms with van der Waals surface area (Å²) in [4.78, 5) is 15.2. The van der Waals surface area contributed by atoms with Crippen LogP contribution in [-0.2, 0) is 11.3 Å². The van der Waals surface area contributed by atoms with Gasteiger partial charge in [0, 0.05) is 12.4 Å². The van der Waals surface area contributed by atoms with Gasteiger partial charge in [0.25, 0.3) is 0 Å². The van der Waals surface area contributed by atoms with E-state index in [1.54, 1.807) is 23.3 Å². The Labute approximate surface area is 82.1 Å². The number of hydrogen-bond acceptors (Lipinski definition) is 3. The van der Waals surface area contributed by atoms with Crippen LogP contribution in [0.1, 0.15) is 12.8 Å². The highest BCUT2D eigenvalue weighted by Gasteiger charge is 2.46. The van der Waals surface area contributed by atoms with Crippen molar-refractivity contribution < 1.29 is 4.79 Å². The largest absolute Gasteiger partial charge is 0.368 e. The summed E-state index contributed by atoms with van der Waals surface area (Å²) in [5.74, 6) is -0.184. The number of carbonyl (C=O) groups is 1. The van der Waals surface area contributed by atoms with Crippen molar-refractivity contribution in [3.05, 3.63) is 18.7 Å². The molecule has 5 nitrogen and oxygen atoms in total. The van der Waals surface area contributed by atoms with Crippen LogP contribution in [0.2, 0.25) is 0 Å². The lowest BCUT2D eigenvalue weighted by atomic mass is 9.93. The molecular formula is C9H14N4O. The van der Waals surface area contributed by atoms with Crippen LogP contribution < -0.4 is 11.5 Å². The maximum atomic E-state index is 11.3.